The van der Waals surface area contributed by atoms with Crippen molar-refractivity contribution in [1.82, 2.24) is 10.3 Å². The normalized spacial score (nSPS) is 16.1. The molecule has 1 aromatic carbocycles. The van der Waals surface area contributed by atoms with Crippen molar-refractivity contribution in [2.24, 2.45) is 0 Å². The largest absolute Gasteiger partial charge is 0.313 e. The fourth-order valence-electron chi connectivity index (χ4n) is 2.25. The van der Waals surface area contributed by atoms with Gasteiger partial charge in [0, 0.05) is 18.1 Å². The molecule has 0 saturated heterocycles. The molecule has 1 aromatic heterocycles. The van der Waals surface area contributed by atoms with E-state index in [1.54, 1.807) is 0 Å². The monoisotopic (exact) mass is 210 g/mol. The smallest absolute Gasteiger partial charge is 0.0708 e. The van der Waals surface area contributed by atoms with Gasteiger partial charge in [-0.15, -0.1) is 0 Å². The zero-order valence-corrected chi connectivity index (χ0v) is 9.11. The Morgan fingerprint density at radius 3 is 3.00 bits per heavy atom. The molecule has 0 spiro atoms. The maximum absolute atomic E-state index is 4.39. The maximum Gasteiger partial charge on any atom is 0.0708 e. The molecule has 0 radical (unpaired) electrons. The van der Waals surface area contributed by atoms with Gasteiger partial charge in [0.2, 0.25) is 0 Å². The Morgan fingerprint density at radius 1 is 1.12 bits per heavy atom. The van der Waals surface area contributed by atoms with Gasteiger partial charge in [-0.1, -0.05) is 24.3 Å². The van der Waals surface area contributed by atoms with Crippen LogP contribution in [0.15, 0.2) is 42.6 Å². The van der Waals surface area contributed by atoms with Crippen LogP contribution in [0.25, 0.3) is 16.5 Å². The number of benzene rings is 1. The summed E-state index contributed by atoms with van der Waals surface area (Å²) in [6.07, 6.45) is 5.24. The summed E-state index contributed by atoms with van der Waals surface area (Å²) in [4.78, 5) is 4.39. The Labute approximate surface area is 95.0 Å². The van der Waals surface area contributed by atoms with Crippen LogP contribution in [0.1, 0.15) is 12.0 Å². The van der Waals surface area contributed by atoms with Crippen molar-refractivity contribution in [3.63, 3.8) is 0 Å². The van der Waals surface area contributed by atoms with Gasteiger partial charge in [-0.25, -0.2) is 0 Å². The van der Waals surface area contributed by atoms with Crippen molar-refractivity contribution >= 4 is 16.5 Å². The first-order valence-electron chi connectivity index (χ1n) is 5.69. The zero-order valence-electron chi connectivity index (χ0n) is 9.11. The third-order valence-corrected chi connectivity index (χ3v) is 3.06. The summed E-state index contributed by atoms with van der Waals surface area (Å²) in [5, 5.41) is 4.60. The van der Waals surface area contributed by atoms with Crippen molar-refractivity contribution in [3.8, 4) is 0 Å². The fraction of sp³-hybridized carbons (Fsp3) is 0.214. The fourth-order valence-corrected chi connectivity index (χ4v) is 2.25. The van der Waals surface area contributed by atoms with E-state index in [-0.39, 0.29) is 0 Å². The Morgan fingerprint density at radius 2 is 2.12 bits per heavy atom. The molecule has 0 aliphatic carbocycles. The van der Waals surface area contributed by atoms with Crippen LogP contribution in [0.4, 0.5) is 0 Å². The van der Waals surface area contributed by atoms with E-state index in [2.05, 4.69) is 40.6 Å². The molecule has 1 aliphatic heterocycles. The quantitative estimate of drug-likeness (QED) is 0.782. The van der Waals surface area contributed by atoms with Crippen molar-refractivity contribution in [2.45, 2.75) is 6.42 Å². The van der Waals surface area contributed by atoms with Crippen LogP contribution in [0.3, 0.4) is 0 Å². The minimum absolute atomic E-state index is 0.978. The summed E-state index contributed by atoms with van der Waals surface area (Å²) < 4.78 is 0. The topological polar surface area (TPSA) is 24.9 Å². The van der Waals surface area contributed by atoms with Gasteiger partial charge in [0.25, 0.3) is 0 Å². The molecule has 2 heteroatoms. The zero-order chi connectivity index (χ0) is 10.8. The summed E-state index contributed by atoms with van der Waals surface area (Å²) in [6, 6.07) is 10.5. The lowest BCUT2D eigenvalue weighted by Crippen LogP contribution is -2.20. The van der Waals surface area contributed by atoms with Gasteiger partial charge in [-0.2, -0.15) is 0 Å². The van der Waals surface area contributed by atoms with E-state index < -0.39 is 0 Å². The lowest BCUT2D eigenvalue weighted by atomic mass is 9.96. The van der Waals surface area contributed by atoms with Gasteiger partial charge >= 0.3 is 0 Å². The van der Waals surface area contributed by atoms with Crippen LogP contribution < -0.4 is 5.32 Å². The van der Waals surface area contributed by atoms with Crippen molar-refractivity contribution in [3.05, 3.63) is 48.2 Å². The summed E-state index contributed by atoms with van der Waals surface area (Å²) in [7, 11) is 0. The van der Waals surface area contributed by atoms with Gasteiger partial charge in [0.1, 0.15) is 0 Å². The molecule has 0 atom stereocenters. The van der Waals surface area contributed by atoms with Crippen LogP contribution in [-0.2, 0) is 0 Å². The molecular formula is C14H14N2. The van der Waals surface area contributed by atoms with Crippen LogP contribution in [0.2, 0.25) is 0 Å². The minimum atomic E-state index is 0.978. The average molecular weight is 210 g/mol. The second kappa shape index (κ2) is 4.06. The summed E-state index contributed by atoms with van der Waals surface area (Å²) in [6.45, 7) is 2.05. The number of aromatic nitrogens is 1. The number of fused-ring (bicyclic) bond motifs is 1. The molecule has 2 aromatic rings. The summed E-state index contributed by atoms with van der Waals surface area (Å²) in [5.41, 5.74) is 3.86. The Kier molecular flexibility index (Phi) is 2.43. The Balaban J connectivity index is 2.19. The van der Waals surface area contributed by atoms with E-state index >= 15 is 0 Å². The molecule has 1 aliphatic rings. The predicted octanol–water partition coefficient (Wildman–Crippen LogP) is 2.61. The molecule has 2 heterocycles. The standard InChI is InChI=1S/C14H14N2/c1-3-12(11-6-9-15-10-7-11)13-4-2-8-16-14(13)5-1/h1-6,8,15H,7,9-10H2. The molecule has 0 unspecified atom stereocenters. The highest BCUT2D eigenvalue weighted by molar-refractivity contribution is 5.91. The van der Waals surface area contributed by atoms with E-state index in [0.29, 0.717) is 0 Å². The third-order valence-electron chi connectivity index (χ3n) is 3.06. The maximum atomic E-state index is 4.39. The first-order chi connectivity index (χ1) is 7.95. The molecule has 0 bridgehead atoms. The van der Waals surface area contributed by atoms with E-state index in [1.165, 1.54) is 16.5 Å². The number of rotatable bonds is 1. The second-order valence-corrected chi connectivity index (χ2v) is 4.06. The Bertz CT molecular complexity index is 538. The number of hydrogen-bond acceptors (Lipinski definition) is 2. The highest BCUT2D eigenvalue weighted by atomic mass is 14.8. The van der Waals surface area contributed by atoms with Crippen LogP contribution in [-0.4, -0.2) is 18.1 Å². The summed E-state index contributed by atoms with van der Waals surface area (Å²) >= 11 is 0. The molecule has 3 rings (SSSR count). The lowest BCUT2D eigenvalue weighted by molar-refractivity contribution is 0.739. The van der Waals surface area contributed by atoms with Crippen molar-refractivity contribution < 1.29 is 0 Å². The molecule has 0 fully saturated rings. The number of pyridine rings is 1. The number of nitrogens with one attached hydrogen (secondary N) is 1. The number of hydrogen-bond donors (Lipinski definition) is 1. The third kappa shape index (κ3) is 1.61. The highest BCUT2D eigenvalue weighted by Gasteiger charge is 2.08. The van der Waals surface area contributed by atoms with Crippen LogP contribution >= 0.6 is 0 Å². The van der Waals surface area contributed by atoms with Gasteiger partial charge in [0.05, 0.1) is 5.52 Å². The predicted molar refractivity (Wildman–Crippen MR) is 67.2 cm³/mol. The van der Waals surface area contributed by atoms with E-state index in [4.69, 9.17) is 0 Å². The van der Waals surface area contributed by atoms with E-state index in [0.717, 1.165) is 25.0 Å². The van der Waals surface area contributed by atoms with Crippen molar-refractivity contribution in [2.75, 3.05) is 13.1 Å². The SMILES string of the molecule is C1=C(c2cccc3ncccc23)CCNC1. The number of nitrogens with zero attached hydrogens (tertiary/aromatic N) is 1. The van der Waals surface area contributed by atoms with E-state index in [1.807, 2.05) is 12.3 Å². The molecule has 0 saturated carbocycles. The summed E-state index contributed by atoms with van der Waals surface area (Å²) in [5.74, 6) is 0. The van der Waals surface area contributed by atoms with Gasteiger partial charge in [-0.3, -0.25) is 4.98 Å². The minimum Gasteiger partial charge on any atom is -0.313 e. The molecule has 16 heavy (non-hydrogen) atoms. The molecule has 2 nitrogen and oxygen atoms in total. The average Bonchev–Trinajstić information content (AvgIpc) is 2.39. The van der Waals surface area contributed by atoms with Crippen LogP contribution in [0, 0.1) is 0 Å². The molecular weight excluding hydrogens is 196 g/mol. The second-order valence-electron chi connectivity index (χ2n) is 4.06. The van der Waals surface area contributed by atoms with E-state index in [9.17, 15) is 0 Å². The molecule has 1 N–H and O–H groups in total. The van der Waals surface area contributed by atoms with Crippen molar-refractivity contribution in [1.29, 1.82) is 0 Å². The lowest BCUT2D eigenvalue weighted by Gasteiger charge is -2.15. The van der Waals surface area contributed by atoms with Gasteiger partial charge < -0.3 is 5.32 Å². The van der Waals surface area contributed by atoms with Crippen LogP contribution in [0.5, 0.6) is 0 Å². The van der Waals surface area contributed by atoms with Gasteiger partial charge in [-0.05, 0) is 36.2 Å². The van der Waals surface area contributed by atoms with Gasteiger partial charge in [0.15, 0.2) is 0 Å². The molecule has 0 amide bonds. The molecule has 80 valence electrons. The first kappa shape index (κ1) is 9.55. The highest BCUT2D eigenvalue weighted by Crippen LogP contribution is 2.26. The first-order valence-corrected chi connectivity index (χ1v) is 5.69. The Hall–Kier alpha value is -1.67.